The molecule has 10 nitrogen and oxygen atoms in total. The summed E-state index contributed by atoms with van der Waals surface area (Å²) in [5, 5.41) is 11.2. The Morgan fingerprint density at radius 3 is 2.62 bits per heavy atom. The number of nitrogens with two attached hydrogens (primary N) is 1. The van der Waals surface area contributed by atoms with E-state index >= 15 is 0 Å². The van der Waals surface area contributed by atoms with E-state index in [0.29, 0.717) is 52.9 Å². The highest BCUT2D eigenvalue weighted by Gasteiger charge is 2.33. The predicted molar refractivity (Wildman–Crippen MR) is 111 cm³/mol. The molecule has 1 fully saturated rings. The van der Waals surface area contributed by atoms with Crippen LogP contribution in [0.3, 0.4) is 0 Å². The molecule has 0 saturated carbocycles. The lowest BCUT2D eigenvalue weighted by molar-refractivity contribution is 0.0859. The summed E-state index contributed by atoms with van der Waals surface area (Å²) in [6.07, 6.45) is 2.84. The molecule has 0 spiro atoms. The topological polar surface area (TPSA) is 132 Å². The van der Waals surface area contributed by atoms with E-state index in [2.05, 4.69) is 24.8 Å². The Labute approximate surface area is 176 Å². The van der Waals surface area contributed by atoms with Crippen molar-refractivity contribution in [2.45, 2.75) is 19.4 Å². The average Bonchev–Trinajstić information content (AvgIpc) is 3.13. The largest absolute Gasteiger partial charge is 0.495 e. The van der Waals surface area contributed by atoms with E-state index in [4.69, 9.17) is 31.7 Å². The van der Waals surface area contributed by atoms with Gasteiger partial charge >= 0.3 is 7.12 Å². The fourth-order valence-electron chi connectivity index (χ4n) is 2.91. The molecule has 4 rings (SSSR count). The highest BCUT2D eigenvalue weighted by molar-refractivity contribution is 7.18. The Kier molecular flexibility index (Phi) is 5.53. The SMILES string of the molecule is CC(C)(OB(O)c1cnc(N)nc1)c1nc2c(N3CCOCC3)nc(Cl)nc2s1. The summed E-state index contributed by atoms with van der Waals surface area (Å²) in [6, 6.07) is 0. The molecule has 0 aromatic carbocycles. The molecule has 29 heavy (non-hydrogen) atoms. The first-order chi connectivity index (χ1) is 13.8. The summed E-state index contributed by atoms with van der Waals surface area (Å²) in [6.45, 7) is 6.26. The summed E-state index contributed by atoms with van der Waals surface area (Å²) in [4.78, 5) is 23.9. The van der Waals surface area contributed by atoms with E-state index in [1.54, 1.807) is 0 Å². The summed E-state index contributed by atoms with van der Waals surface area (Å²) < 4.78 is 11.3. The maximum absolute atomic E-state index is 10.4. The first-order valence-corrected chi connectivity index (χ1v) is 10.1. The zero-order valence-electron chi connectivity index (χ0n) is 15.9. The minimum Gasteiger partial charge on any atom is -0.423 e. The molecule has 0 atom stereocenters. The van der Waals surface area contributed by atoms with E-state index in [0.717, 1.165) is 0 Å². The third kappa shape index (κ3) is 4.26. The van der Waals surface area contributed by atoms with Gasteiger partial charge in [-0.25, -0.2) is 19.9 Å². The Hall–Kier alpha value is -2.12. The number of nitrogens with zero attached hydrogens (tertiary/aromatic N) is 6. The minimum absolute atomic E-state index is 0.123. The van der Waals surface area contributed by atoms with Crippen molar-refractivity contribution in [1.29, 1.82) is 0 Å². The van der Waals surface area contributed by atoms with Crippen molar-refractivity contribution in [3.05, 3.63) is 22.7 Å². The molecule has 3 N–H and O–H groups in total. The van der Waals surface area contributed by atoms with Crippen LogP contribution in [0, 0.1) is 0 Å². The molecule has 152 valence electrons. The van der Waals surface area contributed by atoms with Crippen molar-refractivity contribution in [2.24, 2.45) is 0 Å². The van der Waals surface area contributed by atoms with Gasteiger partial charge in [0.1, 0.15) is 16.1 Å². The highest BCUT2D eigenvalue weighted by atomic mass is 35.5. The molecular formula is C16H19BClN7O3S. The molecule has 0 bridgehead atoms. The molecule has 13 heteroatoms. The van der Waals surface area contributed by atoms with Gasteiger partial charge < -0.3 is 25.0 Å². The van der Waals surface area contributed by atoms with Gasteiger partial charge in [-0.15, -0.1) is 0 Å². The van der Waals surface area contributed by atoms with Crippen LogP contribution in [0.1, 0.15) is 18.9 Å². The molecule has 1 saturated heterocycles. The molecule has 0 unspecified atom stereocenters. The monoisotopic (exact) mass is 435 g/mol. The van der Waals surface area contributed by atoms with Gasteiger partial charge in [-0.1, -0.05) is 11.3 Å². The Morgan fingerprint density at radius 2 is 1.93 bits per heavy atom. The van der Waals surface area contributed by atoms with E-state index in [-0.39, 0.29) is 11.2 Å². The maximum atomic E-state index is 10.4. The van der Waals surface area contributed by atoms with Gasteiger partial charge in [0.15, 0.2) is 10.6 Å². The molecular weight excluding hydrogens is 417 g/mol. The zero-order chi connectivity index (χ0) is 20.6. The van der Waals surface area contributed by atoms with E-state index in [1.807, 2.05) is 13.8 Å². The lowest BCUT2D eigenvalue weighted by Gasteiger charge is -2.27. The fraction of sp³-hybridized carbons (Fsp3) is 0.438. The Bertz CT molecular complexity index is 1010. The second-order valence-electron chi connectivity index (χ2n) is 6.94. The maximum Gasteiger partial charge on any atom is 0.495 e. The van der Waals surface area contributed by atoms with Crippen molar-refractivity contribution in [2.75, 3.05) is 36.9 Å². The molecule has 1 aliphatic rings. The van der Waals surface area contributed by atoms with Crippen LogP contribution < -0.4 is 16.1 Å². The third-order valence-corrected chi connectivity index (χ3v) is 5.85. The first-order valence-electron chi connectivity index (χ1n) is 8.94. The van der Waals surface area contributed by atoms with Crippen molar-refractivity contribution in [3.63, 3.8) is 0 Å². The fourth-order valence-corrected chi connectivity index (χ4v) is 4.10. The standard InChI is InChI=1S/C16H19BClN7O3S/c1-16(2,28-17(26)9-7-20-15(19)21-8-9)13-22-10-11(25-3-5-27-6-4-25)23-14(18)24-12(10)29-13/h7-8,26H,3-6H2,1-2H3,(H2,19,20,21). The van der Waals surface area contributed by atoms with Crippen LogP contribution in [0.4, 0.5) is 11.8 Å². The van der Waals surface area contributed by atoms with Crippen LogP contribution in [-0.2, 0) is 15.0 Å². The number of hydrogen-bond acceptors (Lipinski definition) is 11. The molecule has 0 aliphatic carbocycles. The van der Waals surface area contributed by atoms with Crippen molar-refractivity contribution < 1.29 is 14.4 Å². The molecule has 3 aromatic rings. The van der Waals surface area contributed by atoms with Crippen LogP contribution in [0.25, 0.3) is 10.3 Å². The number of morpholine rings is 1. The van der Waals surface area contributed by atoms with Gasteiger partial charge in [0, 0.05) is 30.9 Å². The van der Waals surface area contributed by atoms with E-state index in [1.165, 1.54) is 23.7 Å². The zero-order valence-corrected chi connectivity index (χ0v) is 17.4. The normalized spacial score (nSPS) is 15.1. The van der Waals surface area contributed by atoms with E-state index < -0.39 is 12.7 Å². The summed E-state index contributed by atoms with van der Waals surface area (Å²) >= 11 is 7.49. The third-order valence-electron chi connectivity index (χ3n) is 4.42. The van der Waals surface area contributed by atoms with Gasteiger partial charge in [-0.2, -0.15) is 4.98 Å². The van der Waals surface area contributed by atoms with Gasteiger partial charge in [-0.3, -0.25) is 0 Å². The summed E-state index contributed by atoms with van der Waals surface area (Å²) in [5.74, 6) is 0.798. The molecule has 0 radical (unpaired) electrons. The van der Waals surface area contributed by atoms with Crippen LogP contribution in [0.2, 0.25) is 5.28 Å². The van der Waals surface area contributed by atoms with Gasteiger partial charge in [0.2, 0.25) is 11.2 Å². The minimum atomic E-state index is -1.24. The number of hydrogen-bond donors (Lipinski definition) is 2. The lowest BCUT2D eigenvalue weighted by Crippen LogP contribution is -2.41. The molecule has 0 amide bonds. The van der Waals surface area contributed by atoms with Crippen molar-refractivity contribution >= 4 is 57.6 Å². The number of halogens is 1. The number of thiazole rings is 1. The number of aromatic nitrogens is 5. The first kappa shape index (κ1) is 20.2. The number of ether oxygens (including phenoxy) is 1. The summed E-state index contributed by atoms with van der Waals surface area (Å²) in [7, 11) is -1.24. The van der Waals surface area contributed by atoms with Crippen LogP contribution in [0.5, 0.6) is 0 Å². The van der Waals surface area contributed by atoms with Gasteiger partial charge in [0.05, 0.1) is 13.2 Å². The Morgan fingerprint density at radius 1 is 1.24 bits per heavy atom. The van der Waals surface area contributed by atoms with Crippen LogP contribution in [-0.4, -0.2) is 63.4 Å². The van der Waals surface area contributed by atoms with Crippen LogP contribution in [0.15, 0.2) is 12.4 Å². The average molecular weight is 436 g/mol. The van der Waals surface area contributed by atoms with Crippen molar-refractivity contribution in [1.82, 2.24) is 24.9 Å². The van der Waals surface area contributed by atoms with Gasteiger partial charge in [-0.05, 0) is 25.4 Å². The van der Waals surface area contributed by atoms with Gasteiger partial charge in [0.25, 0.3) is 0 Å². The second-order valence-corrected chi connectivity index (χ2v) is 8.26. The quantitative estimate of drug-likeness (QED) is 0.433. The number of anilines is 2. The lowest BCUT2D eigenvalue weighted by atomic mass is 9.80. The Balaban J connectivity index is 1.64. The molecule has 4 heterocycles. The number of fused-ring (bicyclic) bond motifs is 1. The number of rotatable bonds is 5. The number of nitrogen functional groups attached to an aromatic ring is 1. The van der Waals surface area contributed by atoms with Crippen LogP contribution >= 0.6 is 22.9 Å². The summed E-state index contributed by atoms with van der Waals surface area (Å²) in [5.41, 5.74) is 5.62. The molecule has 1 aliphatic heterocycles. The van der Waals surface area contributed by atoms with Crippen molar-refractivity contribution in [3.8, 4) is 0 Å². The second kappa shape index (κ2) is 7.96. The predicted octanol–water partition coefficient (Wildman–Crippen LogP) is 0.588. The van der Waals surface area contributed by atoms with E-state index in [9.17, 15) is 5.02 Å². The highest BCUT2D eigenvalue weighted by Crippen LogP contribution is 2.35. The smallest absolute Gasteiger partial charge is 0.423 e. The molecule has 3 aromatic heterocycles.